The monoisotopic (exact) mass is 390 g/mol. The second-order valence-corrected chi connectivity index (χ2v) is 8.83. The molecule has 2 fully saturated rings. The summed E-state index contributed by atoms with van der Waals surface area (Å²) in [4.78, 5) is 34.2. The quantitative estimate of drug-likeness (QED) is 0.871. The summed E-state index contributed by atoms with van der Waals surface area (Å²) in [5.41, 5.74) is 1.97. The second kappa shape index (κ2) is 7.00. The molecule has 0 radical (unpaired) electrons. The minimum absolute atomic E-state index is 0.0643. The molecule has 2 amide bonds. The first-order valence-corrected chi connectivity index (χ1v) is 10.6. The molecule has 2 aromatic rings. The van der Waals surface area contributed by atoms with E-state index < -0.39 is 0 Å². The number of hydrogen-bond acceptors (Lipinski definition) is 6. The van der Waals surface area contributed by atoms with Gasteiger partial charge >= 0.3 is 0 Å². The van der Waals surface area contributed by atoms with Crippen LogP contribution in [0.25, 0.3) is 0 Å². The molecule has 0 aromatic carbocycles. The van der Waals surface area contributed by atoms with Gasteiger partial charge in [-0.15, -0.1) is 22.7 Å². The van der Waals surface area contributed by atoms with Gasteiger partial charge in [-0.25, -0.2) is 4.98 Å². The summed E-state index contributed by atoms with van der Waals surface area (Å²) in [6, 6.07) is 1.91. The average Bonchev–Trinajstić information content (AvgIpc) is 3.31. The molecule has 26 heavy (non-hydrogen) atoms. The zero-order valence-electron chi connectivity index (χ0n) is 14.9. The van der Waals surface area contributed by atoms with Crippen molar-refractivity contribution in [3.8, 4) is 0 Å². The topological polar surface area (TPSA) is 65.5 Å². The molecule has 3 heterocycles. The Morgan fingerprint density at radius 2 is 1.92 bits per heavy atom. The fraction of sp³-hybridized carbons (Fsp3) is 0.500. The summed E-state index contributed by atoms with van der Waals surface area (Å²) in [6.07, 6.45) is 1.95. The lowest BCUT2D eigenvalue weighted by atomic mass is 10.2. The van der Waals surface area contributed by atoms with Crippen LogP contribution in [0.4, 0.5) is 10.1 Å². The second-order valence-electron chi connectivity index (χ2n) is 6.94. The Kier molecular flexibility index (Phi) is 4.71. The van der Waals surface area contributed by atoms with Gasteiger partial charge in [-0.3, -0.25) is 9.59 Å². The van der Waals surface area contributed by atoms with Crippen LogP contribution in [-0.4, -0.2) is 47.9 Å². The highest BCUT2D eigenvalue weighted by molar-refractivity contribution is 7.18. The van der Waals surface area contributed by atoms with Gasteiger partial charge in [0.1, 0.15) is 0 Å². The summed E-state index contributed by atoms with van der Waals surface area (Å²) in [7, 11) is 0. The Labute approximate surface area is 160 Å². The van der Waals surface area contributed by atoms with E-state index in [0.29, 0.717) is 13.1 Å². The van der Waals surface area contributed by atoms with E-state index in [1.807, 2.05) is 24.8 Å². The predicted molar refractivity (Wildman–Crippen MR) is 105 cm³/mol. The van der Waals surface area contributed by atoms with E-state index >= 15 is 0 Å². The molecule has 1 aliphatic carbocycles. The van der Waals surface area contributed by atoms with Crippen LogP contribution in [0.1, 0.15) is 33.8 Å². The normalized spacial score (nSPS) is 17.5. The van der Waals surface area contributed by atoms with Crippen LogP contribution in [0.2, 0.25) is 0 Å². The van der Waals surface area contributed by atoms with Gasteiger partial charge in [0.15, 0.2) is 5.13 Å². The highest BCUT2D eigenvalue weighted by Crippen LogP contribution is 2.33. The van der Waals surface area contributed by atoms with E-state index in [2.05, 4.69) is 20.6 Å². The van der Waals surface area contributed by atoms with Gasteiger partial charge in [-0.05, 0) is 38.3 Å². The third-order valence-electron chi connectivity index (χ3n) is 4.75. The first-order chi connectivity index (χ1) is 12.5. The summed E-state index contributed by atoms with van der Waals surface area (Å²) in [5.74, 6) is 0.311. The first kappa shape index (κ1) is 17.5. The van der Waals surface area contributed by atoms with Crippen molar-refractivity contribution in [1.29, 1.82) is 0 Å². The van der Waals surface area contributed by atoms with Crippen LogP contribution in [0.3, 0.4) is 0 Å². The van der Waals surface area contributed by atoms with E-state index in [9.17, 15) is 9.59 Å². The number of rotatable bonds is 4. The predicted octanol–water partition coefficient (Wildman–Crippen LogP) is 3.13. The molecule has 1 saturated heterocycles. The number of amides is 2. The maximum atomic E-state index is 12.9. The number of nitrogens with one attached hydrogen (secondary N) is 1. The van der Waals surface area contributed by atoms with E-state index in [-0.39, 0.29) is 17.7 Å². The number of thiazole rings is 1. The van der Waals surface area contributed by atoms with Crippen LogP contribution >= 0.6 is 22.7 Å². The molecule has 2 aliphatic rings. The lowest BCUT2D eigenvalue weighted by molar-refractivity contribution is -0.117. The van der Waals surface area contributed by atoms with Crippen LogP contribution in [0.15, 0.2) is 11.4 Å². The highest BCUT2D eigenvalue weighted by atomic mass is 32.1. The summed E-state index contributed by atoms with van der Waals surface area (Å²) >= 11 is 3.04. The van der Waals surface area contributed by atoms with Crippen molar-refractivity contribution in [2.75, 3.05) is 36.4 Å². The molecule has 138 valence electrons. The molecule has 1 saturated carbocycles. The Morgan fingerprint density at radius 3 is 2.54 bits per heavy atom. The molecule has 0 bridgehead atoms. The number of carbonyl (C=O) groups excluding carboxylic acids is 2. The Bertz CT molecular complexity index is 832. The molecule has 0 atom stereocenters. The zero-order valence-corrected chi connectivity index (χ0v) is 16.6. The van der Waals surface area contributed by atoms with Crippen molar-refractivity contribution in [3.05, 3.63) is 27.6 Å². The van der Waals surface area contributed by atoms with Gasteiger partial charge in [0.25, 0.3) is 5.91 Å². The van der Waals surface area contributed by atoms with Crippen LogP contribution in [0, 0.1) is 19.8 Å². The fourth-order valence-electron chi connectivity index (χ4n) is 3.06. The molecule has 1 aliphatic heterocycles. The molecule has 4 rings (SSSR count). The third kappa shape index (κ3) is 3.61. The standard InChI is InChI=1S/C18H22N4O2S2/c1-11-9-14(20-16(23)13-3-4-13)26-15(11)17(24)21-5-7-22(8-6-21)18-19-12(2)10-25-18/h9-10,13H,3-8H2,1-2H3,(H,20,23). The van der Waals surface area contributed by atoms with Gasteiger partial charge in [0.2, 0.25) is 5.91 Å². The highest BCUT2D eigenvalue weighted by Gasteiger charge is 2.31. The minimum atomic E-state index is 0.0643. The van der Waals surface area contributed by atoms with E-state index in [1.54, 1.807) is 11.3 Å². The van der Waals surface area contributed by atoms with Crippen molar-refractivity contribution in [2.45, 2.75) is 26.7 Å². The van der Waals surface area contributed by atoms with Gasteiger partial charge in [-0.2, -0.15) is 0 Å². The van der Waals surface area contributed by atoms with Crippen LogP contribution in [-0.2, 0) is 4.79 Å². The SMILES string of the molecule is Cc1csc(N2CCN(C(=O)c3sc(NC(=O)C4CC4)cc3C)CC2)n1. The van der Waals surface area contributed by atoms with Crippen molar-refractivity contribution in [2.24, 2.45) is 5.92 Å². The van der Waals surface area contributed by atoms with Crippen molar-refractivity contribution >= 4 is 44.6 Å². The maximum absolute atomic E-state index is 12.9. The molecule has 1 N–H and O–H groups in total. The lowest BCUT2D eigenvalue weighted by Gasteiger charge is -2.34. The van der Waals surface area contributed by atoms with Gasteiger partial charge in [-0.1, -0.05) is 0 Å². The van der Waals surface area contributed by atoms with E-state index in [4.69, 9.17) is 0 Å². The van der Waals surface area contributed by atoms with Crippen LogP contribution < -0.4 is 10.2 Å². The molecule has 8 heteroatoms. The number of carbonyl (C=O) groups is 2. The summed E-state index contributed by atoms with van der Waals surface area (Å²) in [5, 5.41) is 6.81. The first-order valence-electron chi connectivity index (χ1n) is 8.89. The van der Waals surface area contributed by atoms with Crippen molar-refractivity contribution in [1.82, 2.24) is 9.88 Å². The summed E-state index contributed by atoms with van der Waals surface area (Å²) in [6.45, 7) is 6.92. The largest absolute Gasteiger partial charge is 0.345 e. The average molecular weight is 391 g/mol. The smallest absolute Gasteiger partial charge is 0.264 e. The zero-order chi connectivity index (χ0) is 18.3. The Morgan fingerprint density at radius 1 is 1.19 bits per heavy atom. The van der Waals surface area contributed by atoms with Gasteiger partial charge in [0, 0.05) is 37.5 Å². The fourth-order valence-corrected chi connectivity index (χ4v) is 4.96. The van der Waals surface area contributed by atoms with Crippen molar-refractivity contribution in [3.63, 3.8) is 0 Å². The van der Waals surface area contributed by atoms with Gasteiger partial charge < -0.3 is 15.1 Å². The number of anilines is 2. The van der Waals surface area contributed by atoms with E-state index in [1.165, 1.54) is 11.3 Å². The van der Waals surface area contributed by atoms with Crippen LogP contribution in [0.5, 0.6) is 0 Å². The molecule has 0 unspecified atom stereocenters. The third-order valence-corrected chi connectivity index (χ3v) is 6.91. The minimum Gasteiger partial charge on any atom is -0.345 e. The number of nitrogens with zero attached hydrogens (tertiary/aromatic N) is 3. The lowest BCUT2D eigenvalue weighted by Crippen LogP contribution is -2.48. The number of piperazine rings is 1. The molecule has 2 aromatic heterocycles. The Hall–Kier alpha value is -1.93. The van der Waals surface area contributed by atoms with Crippen molar-refractivity contribution < 1.29 is 9.59 Å². The number of thiophene rings is 1. The number of hydrogen-bond donors (Lipinski definition) is 1. The Balaban J connectivity index is 1.38. The molecule has 0 spiro atoms. The summed E-state index contributed by atoms with van der Waals surface area (Å²) < 4.78 is 0. The number of aryl methyl sites for hydroxylation is 2. The molecule has 6 nitrogen and oxygen atoms in total. The van der Waals surface area contributed by atoms with E-state index in [0.717, 1.165) is 52.2 Å². The number of aromatic nitrogens is 1. The molecular weight excluding hydrogens is 368 g/mol. The maximum Gasteiger partial charge on any atom is 0.264 e. The molecular formula is C18H22N4O2S2. The van der Waals surface area contributed by atoms with Gasteiger partial charge in [0.05, 0.1) is 15.6 Å².